The van der Waals surface area contributed by atoms with E-state index in [1.165, 1.54) is 9.80 Å². The standard InChI is InChI=1S/C26H22Cl2N2O3/c1-13-2-7-16(10-21(13)28)29(24(31)14-3-5-15(27)6-4-14)12-30-25(32)22-17-8-9-18(20-11-19(17)20)23(22)26(30)33/h2-10,17-20,22-23H,11-12H2,1H3. The summed E-state index contributed by atoms with van der Waals surface area (Å²) in [6, 6.07) is 11.9. The van der Waals surface area contributed by atoms with Crippen LogP contribution in [-0.2, 0) is 9.59 Å². The number of anilines is 1. The van der Waals surface area contributed by atoms with Gasteiger partial charge < -0.3 is 0 Å². The van der Waals surface area contributed by atoms with Crippen molar-refractivity contribution in [3.8, 4) is 0 Å². The molecule has 5 aliphatic rings. The van der Waals surface area contributed by atoms with Crippen molar-refractivity contribution in [3.05, 3.63) is 75.8 Å². The van der Waals surface area contributed by atoms with E-state index < -0.39 is 0 Å². The van der Waals surface area contributed by atoms with Crippen molar-refractivity contribution in [1.82, 2.24) is 4.90 Å². The third kappa shape index (κ3) is 3.17. The van der Waals surface area contributed by atoms with Crippen LogP contribution in [0.25, 0.3) is 0 Å². The molecule has 0 N–H and O–H groups in total. The smallest absolute Gasteiger partial charge is 0.259 e. The fraction of sp³-hybridized carbons (Fsp3) is 0.346. The first-order valence-corrected chi connectivity index (χ1v) is 12.0. The first-order chi connectivity index (χ1) is 15.8. The summed E-state index contributed by atoms with van der Waals surface area (Å²) in [5.41, 5.74) is 1.82. The molecule has 7 rings (SSSR count). The predicted octanol–water partition coefficient (Wildman–Crippen LogP) is 4.96. The predicted molar refractivity (Wildman–Crippen MR) is 126 cm³/mol. The maximum absolute atomic E-state index is 13.5. The average molecular weight is 481 g/mol. The number of halogens is 2. The Morgan fingerprint density at radius 2 is 1.58 bits per heavy atom. The highest BCUT2D eigenvalue weighted by atomic mass is 35.5. The van der Waals surface area contributed by atoms with Crippen LogP contribution in [0.3, 0.4) is 0 Å². The Morgan fingerprint density at radius 1 is 0.970 bits per heavy atom. The van der Waals surface area contributed by atoms with E-state index in [1.54, 1.807) is 36.4 Å². The van der Waals surface area contributed by atoms with Gasteiger partial charge in [0.25, 0.3) is 5.91 Å². The zero-order valence-corrected chi connectivity index (χ0v) is 19.5. The van der Waals surface area contributed by atoms with Gasteiger partial charge in [-0.15, -0.1) is 0 Å². The van der Waals surface area contributed by atoms with Gasteiger partial charge in [-0.25, -0.2) is 0 Å². The Bertz CT molecular complexity index is 1190. The van der Waals surface area contributed by atoms with Gasteiger partial charge in [0.05, 0.1) is 11.8 Å². The molecule has 0 radical (unpaired) electrons. The number of amides is 3. The molecular weight excluding hydrogens is 459 g/mol. The summed E-state index contributed by atoms with van der Waals surface area (Å²) in [4.78, 5) is 43.3. The highest BCUT2D eigenvalue weighted by Gasteiger charge is 2.67. The molecule has 33 heavy (non-hydrogen) atoms. The second kappa shape index (κ2) is 7.44. The van der Waals surface area contributed by atoms with Crippen LogP contribution < -0.4 is 4.90 Å². The summed E-state index contributed by atoms with van der Waals surface area (Å²) in [6.45, 7) is 1.74. The second-order valence-electron chi connectivity index (χ2n) is 9.57. The first kappa shape index (κ1) is 20.9. The normalized spacial score (nSPS) is 30.9. The van der Waals surface area contributed by atoms with Gasteiger partial charge in [-0.1, -0.05) is 41.4 Å². The summed E-state index contributed by atoms with van der Waals surface area (Å²) in [5.74, 6) is 0.0769. The van der Waals surface area contributed by atoms with Crippen LogP contribution in [0.2, 0.25) is 10.0 Å². The SMILES string of the molecule is Cc1ccc(N(CN2C(=O)C3C4C=CC(C5CC45)C3C2=O)C(=O)c2ccc(Cl)cc2)cc1Cl. The van der Waals surface area contributed by atoms with E-state index in [-0.39, 0.29) is 48.1 Å². The lowest BCUT2D eigenvalue weighted by Crippen LogP contribution is -2.45. The molecule has 0 spiro atoms. The minimum absolute atomic E-state index is 0.139. The summed E-state index contributed by atoms with van der Waals surface area (Å²) < 4.78 is 0. The maximum Gasteiger partial charge on any atom is 0.259 e. The van der Waals surface area contributed by atoms with Gasteiger partial charge in [-0.3, -0.25) is 24.2 Å². The molecule has 1 heterocycles. The van der Waals surface area contributed by atoms with E-state index in [4.69, 9.17) is 23.2 Å². The molecule has 2 bridgehead atoms. The molecule has 3 fully saturated rings. The molecule has 168 valence electrons. The number of carbonyl (C=O) groups is 3. The summed E-state index contributed by atoms with van der Waals surface area (Å²) >= 11 is 12.4. The summed E-state index contributed by atoms with van der Waals surface area (Å²) in [7, 11) is 0. The lowest BCUT2D eigenvalue weighted by molar-refractivity contribution is -0.140. The number of hydrogen-bond donors (Lipinski definition) is 0. The molecule has 7 heteroatoms. The van der Waals surface area contributed by atoms with Crippen molar-refractivity contribution >= 4 is 46.6 Å². The summed E-state index contributed by atoms with van der Waals surface area (Å²) in [6.07, 6.45) is 5.40. The van der Waals surface area contributed by atoms with Crippen LogP contribution in [0.4, 0.5) is 5.69 Å². The minimum atomic E-state index is -0.328. The molecule has 0 aromatic heterocycles. The molecular formula is C26H22Cl2N2O3. The molecule has 5 nitrogen and oxygen atoms in total. The van der Waals surface area contributed by atoms with Crippen LogP contribution in [0.5, 0.6) is 0 Å². The van der Waals surface area contributed by atoms with Gasteiger partial charge in [0, 0.05) is 21.3 Å². The average Bonchev–Trinajstić information content (AvgIpc) is 3.59. The van der Waals surface area contributed by atoms with E-state index >= 15 is 0 Å². The molecule has 2 aromatic rings. The Kier molecular flexibility index (Phi) is 4.72. The highest BCUT2D eigenvalue weighted by molar-refractivity contribution is 6.32. The number of imide groups is 1. The van der Waals surface area contributed by atoms with E-state index in [1.807, 2.05) is 13.0 Å². The number of likely N-dealkylation sites (tertiary alicyclic amines) is 1. The van der Waals surface area contributed by atoms with Crippen molar-refractivity contribution in [1.29, 1.82) is 0 Å². The highest BCUT2D eigenvalue weighted by Crippen LogP contribution is 2.65. The third-order valence-corrected chi connectivity index (χ3v) is 8.50. The van der Waals surface area contributed by atoms with Gasteiger partial charge in [0.1, 0.15) is 6.67 Å². The molecule has 2 aromatic carbocycles. The van der Waals surface area contributed by atoms with E-state index in [0.717, 1.165) is 12.0 Å². The van der Waals surface area contributed by atoms with Crippen LogP contribution in [0.1, 0.15) is 22.3 Å². The van der Waals surface area contributed by atoms with Crippen LogP contribution in [0, 0.1) is 42.4 Å². The van der Waals surface area contributed by atoms with Gasteiger partial charge in [-0.05, 0) is 79.0 Å². The zero-order chi connectivity index (χ0) is 23.0. The minimum Gasteiger partial charge on any atom is -0.289 e. The topological polar surface area (TPSA) is 57.7 Å². The van der Waals surface area contributed by atoms with E-state index in [9.17, 15) is 14.4 Å². The third-order valence-electron chi connectivity index (χ3n) is 7.84. The van der Waals surface area contributed by atoms with Crippen molar-refractivity contribution < 1.29 is 14.4 Å². The Balaban J connectivity index is 1.35. The molecule has 3 amide bonds. The molecule has 2 saturated carbocycles. The lowest BCUT2D eigenvalue weighted by atomic mass is 9.63. The molecule has 4 aliphatic carbocycles. The number of aryl methyl sites for hydroxylation is 1. The molecule has 1 saturated heterocycles. The Labute approximate surface area is 201 Å². The molecule has 6 unspecified atom stereocenters. The van der Waals surface area contributed by atoms with Crippen LogP contribution >= 0.6 is 23.2 Å². The fourth-order valence-electron chi connectivity index (χ4n) is 6.06. The van der Waals surface area contributed by atoms with Gasteiger partial charge >= 0.3 is 0 Å². The quantitative estimate of drug-likeness (QED) is 0.458. The van der Waals surface area contributed by atoms with Crippen LogP contribution in [0.15, 0.2) is 54.6 Å². The Morgan fingerprint density at radius 3 is 2.15 bits per heavy atom. The van der Waals surface area contributed by atoms with Crippen molar-refractivity contribution in [2.45, 2.75) is 13.3 Å². The van der Waals surface area contributed by atoms with Crippen molar-refractivity contribution in [3.63, 3.8) is 0 Å². The fourth-order valence-corrected chi connectivity index (χ4v) is 6.36. The lowest BCUT2D eigenvalue weighted by Gasteiger charge is -2.37. The van der Waals surface area contributed by atoms with E-state index in [2.05, 4.69) is 12.2 Å². The first-order valence-electron chi connectivity index (χ1n) is 11.2. The van der Waals surface area contributed by atoms with Gasteiger partial charge in [0.2, 0.25) is 11.8 Å². The number of nitrogens with zero attached hydrogens (tertiary/aromatic N) is 2. The van der Waals surface area contributed by atoms with Gasteiger partial charge in [0.15, 0.2) is 0 Å². The largest absolute Gasteiger partial charge is 0.289 e. The number of carbonyl (C=O) groups excluding carboxylic acids is 3. The number of benzene rings is 2. The maximum atomic E-state index is 13.5. The second-order valence-corrected chi connectivity index (χ2v) is 10.4. The monoisotopic (exact) mass is 480 g/mol. The molecule has 6 atom stereocenters. The summed E-state index contributed by atoms with van der Waals surface area (Å²) in [5, 5.41) is 1.03. The van der Waals surface area contributed by atoms with Crippen LogP contribution in [-0.4, -0.2) is 29.3 Å². The van der Waals surface area contributed by atoms with Gasteiger partial charge in [-0.2, -0.15) is 0 Å². The van der Waals surface area contributed by atoms with E-state index in [0.29, 0.717) is 33.1 Å². The molecule has 1 aliphatic heterocycles. The number of allylic oxidation sites excluding steroid dienone is 2. The van der Waals surface area contributed by atoms with Crippen molar-refractivity contribution in [2.75, 3.05) is 11.6 Å². The number of rotatable bonds is 4. The number of hydrogen-bond acceptors (Lipinski definition) is 3. The van der Waals surface area contributed by atoms with Crippen molar-refractivity contribution in [2.24, 2.45) is 35.5 Å². The Hall–Kier alpha value is -2.63. The zero-order valence-electron chi connectivity index (χ0n) is 17.9.